The van der Waals surface area contributed by atoms with Crippen LogP contribution in [0.5, 0.6) is 0 Å². The van der Waals surface area contributed by atoms with Gasteiger partial charge in [-0.3, -0.25) is 14.4 Å². The molecule has 0 radical (unpaired) electrons. The first-order valence-electron chi connectivity index (χ1n) is 12.3. The third-order valence-corrected chi connectivity index (χ3v) is 6.81. The number of benzene rings is 1. The van der Waals surface area contributed by atoms with Gasteiger partial charge in [-0.25, -0.2) is 4.39 Å². The van der Waals surface area contributed by atoms with Gasteiger partial charge in [0.25, 0.3) is 5.91 Å². The van der Waals surface area contributed by atoms with E-state index >= 15 is 0 Å². The normalized spacial score (nSPS) is 17.1. The lowest BCUT2D eigenvalue weighted by molar-refractivity contribution is -0.137. The molecule has 2 aliphatic rings. The Hall–Kier alpha value is -3.42. The van der Waals surface area contributed by atoms with Crippen molar-refractivity contribution in [2.75, 3.05) is 20.1 Å². The number of halogens is 1. The molecule has 0 spiro atoms. The van der Waals surface area contributed by atoms with Crippen molar-refractivity contribution < 1.29 is 23.9 Å². The molecule has 1 unspecified atom stereocenters. The van der Waals surface area contributed by atoms with Crippen LogP contribution in [-0.4, -0.2) is 52.9 Å². The number of carboxylic acid groups (broad SMARTS) is 1. The first-order valence-corrected chi connectivity index (χ1v) is 12.3. The van der Waals surface area contributed by atoms with Crippen molar-refractivity contribution in [1.82, 2.24) is 15.2 Å². The van der Waals surface area contributed by atoms with Crippen molar-refractivity contribution >= 4 is 34.3 Å². The predicted molar refractivity (Wildman–Crippen MR) is 132 cm³/mol. The first-order chi connectivity index (χ1) is 16.8. The van der Waals surface area contributed by atoms with Crippen molar-refractivity contribution in [1.29, 1.82) is 0 Å². The fourth-order valence-corrected chi connectivity index (χ4v) is 4.97. The van der Waals surface area contributed by atoms with Crippen LogP contribution in [-0.2, 0) is 16.0 Å². The van der Waals surface area contributed by atoms with Crippen LogP contribution in [0.15, 0.2) is 30.4 Å². The summed E-state index contributed by atoms with van der Waals surface area (Å²) in [5.74, 6) is -1.15. The van der Waals surface area contributed by atoms with Gasteiger partial charge in [-0.1, -0.05) is 31.1 Å². The van der Waals surface area contributed by atoms with E-state index in [9.17, 15) is 18.8 Å². The van der Waals surface area contributed by atoms with E-state index in [-0.39, 0.29) is 24.2 Å². The summed E-state index contributed by atoms with van der Waals surface area (Å²) in [4.78, 5) is 40.5. The maximum absolute atomic E-state index is 14.1. The minimum Gasteiger partial charge on any atom is -0.481 e. The van der Waals surface area contributed by atoms with Gasteiger partial charge in [0.2, 0.25) is 5.91 Å². The SMILES string of the molecule is CN(CC1C=CC(c2[nH]c3cc(F)cc4c3c2CCNC4=O)=CC1)C(=O)CCCCCCC(=O)O. The van der Waals surface area contributed by atoms with Crippen LogP contribution in [0.3, 0.4) is 0 Å². The molecule has 4 rings (SSSR count). The number of aliphatic carboxylic acids is 1. The summed E-state index contributed by atoms with van der Waals surface area (Å²) in [6.07, 6.45) is 11.5. The highest BCUT2D eigenvalue weighted by atomic mass is 19.1. The number of nitrogens with one attached hydrogen (secondary N) is 2. The Morgan fingerprint density at radius 2 is 1.94 bits per heavy atom. The number of hydrogen-bond acceptors (Lipinski definition) is 3. The molecule has 7 nitrogen and oxygen atoms in total. The van der Waals surface area contributed by atoms with E-state index < -0.39 is 11.8 Å². The zero-order valence-corrected chi connectivity index (χ0v) is 20.0. The molecule has 1 aliphatic carbocycles. The number of aromatic nitrogens is 1. The molecule has 2 heterocycles. The minimum atomic E-state index is -0.774. The predicted octanol–water partition coefficient (Wildman–Crippen LogP) is 4.44. The third kappa shape index (κ3) is 5.81. The van der Waals surface area contributed by atoms with Gasteiger partial charge < -0.3 is 20.3 Å². The number of carboxylic acids is 1. The fraction of sp³-hybridized carbons (Fsp3) is 0.444. The van der Waals surface area contributed by atoms with Crippen molar-refractivity contribution in [3.8, 4) is 0 Å². The largest absolute Gasteiger partial charge is 0.481 e. The summed E-state index contributed by atoms with van der Waals surface area (Å²) in [7, 11) is 1.82. The summed E-state index contributed by atoms with van der Waals surface area (Å²) < 4.78 is 14.1. The molecule has 2 amide bonds. The van der Waals surface area contributed by atoms with Gasteiger partial charge in [-0.15, -0.1) is 0 Å². The molecule has 8 heteroatoms. The summed E-state index contributed by atoms with van der Waals surface area (Å²) in [6, 6.07) is 2.74. The molecular formula is C27H32FN3O4. The Morgan fingerprint density at radius 1 is 1.17 bits per heavy atom. The van der Waals surface area contributed by atoms with E-state index in [2.05, 4.69) is 22.5 Å². The number of carbonyl (C=O) groups is 3. The van der Waals surface area contributed by atoms with E-state index in [0.717, 1.165) is 47.9 Å². The molecule has 2 aromatic rings. The summed E-state index contributed by atoms with van der Waals surface area (Å²) >= 11 is 0. The lowest BCUT2D eigenvalue weighted by Gasteiger charge is -2.24. The van der Waals surface area contributed by atoms with Gasteiger partial charge in [0, 0.05) is 49.6 Å². The maximum atomic E-state index is 14.1. The fourth-order valence-electron chi connectivity index (χ4n) is 4.97. The van der Waals surface area contributed by atoms with Crippen LogP contribution in [0.4, 0.5) is 4.39 Å². The summed E-state index contributed by atoms with van der Waals surface area (Å²) in [5.41, 5.74) is 3.97. The molecule has 1 aromatic carbocycles. The lowest BCUT2D eigenvalue weighted by Crippen LogP contribution is -2.31. The first kappa shape index (κ1) is 24.7. The van der Waals surface area contributed by atoms with Crippen LogP contribution in [0.1, 0.15) is 66.6 Å². The highest BCUT2D eigenvalue weighted by molar-refractivity contribution is 6.09. The molecular weight excluding hydrogens is 449 g/mol. The minimum absolute atomic E-state index is 0.106. The van der Waals surface area contributed by atoms with Gasteiger partial charge in [-0.2, -0.15) is 0 Å². The second kappa shape index (κ2) is 10.9. The van der Waals surface area contributed by atoms with Crippen LogP contribution >= 0.6 is 0 Å². The number of aromatic amines is 1. The van der Waals surface area contributed by atoms with Gasteiger partial charge in [0.05, 0.1) is 5.56 Å². The number of unbranched alkanes of at least 4 members (excludes halogenated alkanes) is 3. The van der Waals surface area contributed by atoms with Gasteiger partial charge in [0.15, 0.2) is 0 Å². The smallest absolute Gasteiger partial charge is 0.303 e. The average molecular weight is 482 g/mol. The van der Waals surface area contributed by atoms with Crippen molar-refractivity contribution in [2.24, 2.45) is 5.92 Å². The zero-order valence-electron chi connectivity index (χ0n) is 20.0. The Bertz CT molecular complexity index is 1200. The van der Waals surface area contributed by atoms with E-state index in [1.807, 2.05) is 13.1 Å². The summed E-state index contributed by atoms with van der Waals surface area (Å²) in [5, 5.41) is 12.3. The Kier molecular flexibility index (Phi) is 7.68. The van der Waals surface area contributed by atoms with Crippen molar-refractivity contribution in [2.45, 2.75) is 51.4 Å². The molecule has 1 aliphatic heterocycles. The monoisotopic (exact) mass is 481 g/mol. The number of nitrogens with zero attached hydrogens (tertiary/aromatic N) is 1. The average Bonchev–Trinajstić information content (AvgIpc) is 3.09. The second-order valence-electron chi connectivity index (χ2n) is 9.46. The molecule has 35 heavy (non-hydrogen) atoms. The molecule has 1 aromatic heterocycles. The highest BCUT2D eigenvalue weighted by Crippen LogP contribution is 2.35. The molecule has 0 saturated carbocycles. The highest BCUT2D eigenvalue weighted by Gasteiger charge is 2.24. The van der Waals surface area contributed by atoms with E-state index in [1.165, 1.54) is 12.1 Å². The van der Waals surface area contributed by atoms with Gasteiger partial charge in [-0.05, 0) is 54.9 Å². The molecule has 0 bridgehead atoms. The molecule has 0 fully saturated rings. The number of hydrogen-bond donors (Lipinski definition) is 3. The standard InChI is InChI=1S/C27H32FN3O4/c1-31(23(32)6-4-2-3-5-7-24(33)34)16-17-8-10-18(11-9-17)26-20-12-13-29-27(35)21-14-19(28)15-22(30-26)25(20)21/h8,10-11,14-15,17,30H,2-7,9,12-13,16H2,1H3,(H,29,35)(H,33,34). The topological polar surface area (TPSA) is 103 Å². The van der Waals surface area contributed by atoms with Crippen LogP contribution in [0.25, 0.3) is 16.5 Å². The van der Waals surface area contributed by atoms with E-state index in [4.69, 9.17) is 5.11 Å². The van der Waals surface area contributed by atoms with Gasteiger partial charge in [0.1, 0.15) is 5.82 Å². The van der Waals surface area contributed by atoms with E-state index in [0.29, 0.717) is 43.4 Å². The molecule has 1 atom stereocenters. The number of H-pyrrole nitrogens is 1. The number of allylic oxidation sites excluding steroid dienone is 3. The third-order valence-electron chi connectivity index (χ3n) is 6.81. The van der Waals surface area contributed by atoms with Crippen LogP contribution < -0.4 is 5.32 Å². The molecule has 3 N–H and O–H groups in total. The Labute approximate surface area is 204 Å². The van der Waals surface area contributed by atoms with Crippen molar-refractivity contribution in [3.63, 3.8) is 0 Å². The van der Waals surface area contributed by atoms with Crippen LogP contribution in [0, 0.1) is 11.7 Å². The molecule has 186 valence electrons. The number of rotatable bonds is 10. The van der Waals surface area contributed by atoms with Crippen LogP contribution in [0.2, 0.25) is 0 Å². The lowest BCUT2D eigenvalue weighted by atomic mass is 9.92. The molecule has 0 saturated heterocycles. The quantitative estimate of drug-likeness (QED) is 0.437. The second-order valence-corrected chi connectivity index (χ2v) is 9.46. The Balaban J connectivity index is 1.35. The number of carbonyl (C=O) groups excluding carboxylic acids is 2. The van der Waals surface area contributed by atoms with Crippen molar-refractivity contribution in [3.05, 3.63) is 53.0 Å². The Morgan fingerprint density at radius 3 is 2.66 bits per heavy atom. The zero-order chi connectivity index (χ0) is 24.9. The van der Waals surface area contributed by atoms with Gasteiger partial charge >= 0.3 is 5.97 Å². The van der Waals surface area contributed by atoms with E-state index in [1.54, 1.807) is 4.90 Å². The summed E-state index contributed by atoms with van der Waals surface area (Å²) in [6.45, 7) is 1.13. The maximum Gasteiger partial charge on any atom is 0.303 e. The number of amides is 2.